The Morgan fingerprint density at radius 3 is 2.14 bits per heavy atom. The van der Waals surface area contributed by atoms with Crippen LogP contribution in [0.1, 0.15) is 0 Å². The first-order chi connectivity index (χ1) is 3.13. The van der Waals surface area contributed by atoms with Crippen LogP contribution in [0.15, 0.2) is 0 Å². The summed E-state index contributed by atoms with van der Waals surface area (Å²) >= 11 is 0. The van der Waals surface area contributed by atoms with Gasteiger partial charge in [0, 0.05) is 0 Å². The Morgan fingerprint density at radius 2 is 2.14 bits per heavy atom. The van der Waals surface area contributed by atoms with Gasteiger partial charge < -0.3 is 15.5 Å². The molecular weight excluding hydrogens is 117 g/mol. The molecule has 42 valence electrons. The zero-order valence-electron chi connectivity index (χ0n) is 3.53. The third kappa shape index (κ3) is 5.82. The van der Waals surface area contributed by atoms with E-state index in [1.165, 1.54) is 0 Å². The lowest BCUT2D eigenvalue weighted by Gasteiger charge is -1.93. The minimum Gasteiger partial charge on any atom is -0.369 e. The molecule has 0 rings (SSSR count). The van der Waals surface area contributed by atoms with Gasteiger partial charge in [0.2, 0.25) is 5.91 Å². The van der Waals surface area contributed by atoms with E-state index in [0.29, 0.717) is 0 Å². The molecule has 0 aliphatic heterocycles. The SMILES string of the molecule is NC(=O)CP(O)O. The van der Waals surface area contributed by atoms with Crippen molar-refractivity contribution < 1.29 is 14.6 Å². The maximum Gasteiger partial charge on any atom is 0.226 e. The lowest BCUT2D eigenvalue weighted by Crippen LogP contribution is -2.13. The number of hydrogen-bond donors (Lipinski definition) is 3. The van der Waals surface area contributed by atoms with Gasteiger partial charge in [0.25, 0.3) is 0 Å². The van der Waals surface area contributed by atoms with Gasteiger partial charge in [0.15, 0.2) is 8.38 Å². The quantitative estimate of drug-likeness (QED) is 0.402. The molecule has 0 spiro atoms. The van der Waals surface area contributed by atoms with Gasteiger partial charge in [-0.1, -0.05) is 0 Å². The largest absolute Gasteiger partial charge is 0.369 e. The van der Waals surface area contributed by atoms with Gasteiger partial charge in [-0.15, -0.1) is 0 Å². The predicted octanol–water partition coefficient (Wildman–Crippen LogP) is -1.23. The van der Waals surface area contributed by atoms with E-state index in [1.807, 2.05) is 0 Å². The Kier molecular flexibility index (Phi) is 2.83. The highest BCUT2D eigenvalue weighted by atomic mass is 31.2. The van der Waals surface area contributed by atoms with Crippen molar-refractivity contribution in [1.82, 2.24) is 0 Å². The summed E-state index contributed by atoms with van der Waals surface area (Å²) in [5, 5.41) is 0. The van der Waals surface area contributed by atoms with E-state index in [4.69, 9.17) is 9.79 Å². The van der Waals surface area contributed by atoms with E-state index < -0.39 is 14.3 Å². The Hall–Kier alpha value is -0.180. The summed E-state index contributed by atoms with van der Waals surface area (Å²) in [6.45, 7) is 0. The van der Waals surface area contributed by atoms with Crippen LogP contribution >= 0.6 is 8.38 Å². The summed E-state index contributed by atoms with van der Waals surface area (Å²) in [4.78, 5) is 25.8. The molecule has 0 aliphatic carbocycles. The topological polar surface area (TPSA) is 83.6 Å². The molecule has 0 bridgehead atoms. The molecule has 0 aliphatic rings. The summed E-state index contributed by atoms with van der Waals surface area (Å²) in [6, 6.07) is 0. The van der Waals surface area contributed by atoms with Crippen molar-refractivity contribution in [2.45, 2.75) is 0 Å². The van der Waals surface area contributed by atoms with Gasteiger partial charge in [-0.2, -0.15) is 0 Å². The molecule has 0 unspecified atom stereocenters. The van der Waals surface area contributed by atoms with Crippen molar-refractivity contribution in [3.05, 3.63) is 0 Å². The molecule has 0 radical (unpaired) electrons. The van der Waals surface area contributed by atoms with Gasteiger partial charge >= 0.3 is 0 Å². The zero-order valence-corrected chi connectivity index (χ0v) is 4.43. The average Bonchev–Trinajstić information content (AvgIpc) is 1.27. The third-order valence-corrected chi connectivity index (χ3v) is 0.892. The second-order valence-electron chi connectivity index (χ2n) is 0.997. The van der Waals surface area contributed by atoms with Crippen molar-refractivity contribution in [3.63, 3.8) is 0 Å². The van der Waals surface area contributed by atoms with E-state index in [9.17, 15) is 4.79 Å². The average molecular weight is 123 g/mol. The zero-order chi connectivity index (χ0) is 5.86. The van der Waals surface area contributed by atoms with Crippen LogP contribution in [-0.2, 0) is 4.79 Å². The highest BCUT2D eigenvalue weighted by Gasteiger charge is 2.00. The minimum atomic E-state index is -2.11. The lowest BCUT2D eigenvalue weighted by atomic mass is 10.8. The lowest BCUT2D eigenvalue weighted by molar-refractivity contribution is -0.115. The Labute approximate surface area is 41.9 Å². The second-order valence-corrected chi connectivity index (χ2v) is 2.06. The molecule has 1 amide bonds. The fraction of sp³-hybridized carbons (Fsp3) is 0.500. The summed E-state index contributed by atoms with van der Waals surface area (Å²) in [5.41, 5.74) is 4.55. The van der Waals surface area contributed by atoms with Crippen LogP contribution in [-0.4, -0.2) is 21.9 Å². The summed E-state index contributed by atoms with van der Waals surface area (Å²) in [6.07, 6.45) is -0.324. The maximum atomic E-state index is 9.73. The molecule has 0 aromatic rings. The van der Waals surface area contributed by atoms with E-state index in [0.717, 1.165) is 0 Å². The molecule has 5 heteroatoms. The number of rotatable bonds is 2. The number of primary amides is 1. The summed E-state index contributed by atoms with van der Waals surface area (Å²) < 4.78 is 0. The van der Waals surface area contributed by atoms with E-state index in [1.54, 1.807) is 0 Å². The van der Waals surface area contributed by atoms with E-state index >= 15 is 0 Å². The van der Waals surface area contributed by atoms with Crippen molar-refractivity contribution >= 4 is 14.3 Å². The maximum absolute atomic E-state index is 9.73. The molecule has 0 aromatic heterocycles. The predicted molar refractivity (Wildman–Crippen MR) is 25.4 cm³/mol. The van der Waals surface area contributed by atoms with E-state index in [2.05, 4.69) is 5.73 Å². The van der Waals surface area contributed by atoms with Crippen molar-refractivity contribution in [1.29, 1.82) is 0 Å². The fourth-order valence-electron chi connectivity index (χ4n) is 0.139. The fourth-order valence-corrected chi connectivity index (χ4v) is 0.418. The minimum absolute atomic E-state index is 0.324. The van der Waals surface area contributed by atoms with Gasteiger partial charge in [0.05, 0.1) is 6.16 Å². The number of carbonyl (C=O) groups excluding carboxylic acids is 1. The summed E-state index contributed by atoms with van der Waals surface area (Å²) in [5.74, 6) is -0.684. The number of nitrogens with two attached hydrogens (primary N) is 1. The molecule has 0 fully saturated rings. The van der Waals surface area contributed by atoms with Crippen molar-refractivity contribution in [2.24, 2.45) is 5.73 Å². The van der Waals surface area contributed by atoms with Crippen LogP contribution in [0.5, 0.6) is 0 Å². The first-order valence-electron chi connectivity index (χ1n) is 1.56. The van der Waals surface area contributed by atoms with Gasteiger partial charge in [-0.25, -0.2) is 0 Å². The van der Waals surface area contributed by atoms with Gasteiger partial charge in [-0.3, -0.25) is 4.79 Å². The number of carbonyl (C=O) groups is 1. The molecule has 4 nitrogen and oxygen atoms in total. The Balaban J connectivity index is 3.13. The van der Waals surface area contributed by atoms with Crippen LogP contribution in [0, 0.1) is 0 Å². The van der Waals surface area contributed by atoms with Crippen LogP contribution < -0.4 is 5.73 Å². The van der Waals surface area contributed by atoms with Gasteiger partial charge in [0.1, 0.15) is 0 Å². The molecule has 4 N–H and O–H groups in total. The molecule has 0 saturated heterocycles. The molecule has 0 saturated carbocycles. The Bertz CT molecular complexity index is 73.3. The molecule has 7 heavy (non-hydrogen) atoms. The van der Waals surface area contributed by atoms with Gasteiger partial charge in [-0.05, 0) is 0 Å². The molecular formula is C2H6NO3P. The smallest absolute Gasteiger partial charge is 0.226 e. The normalized spacial score (nSPS) is 9.57. The number of hydrogen-bond acceptors (Lipinski definition) is 3. The highest BCUT2D eigenvalue weighted by molar-refractivity contribution is 7.46. The van der Waals surface area contributed by atoms with Crippen molar-refractivity contribution in [3.8, 4) is 0 Å². The molecule has 0 heterocycles. The second kappa shape index (κ2) is 2.91. The van der Waals surface area contributed by atoms with Crippen LogP contribution in [0.25, 0.3) is 0 Å². The summed E-state index contributed by atoms with van der Waals surface area (Å²) in [7, 11) is -2.11. The standard InChI is InChI=1S/C2H6NO3P/c3-2(4)1-7(5)6/h5-6H,1H2,(H2,3,4). The molecule has 0 aromatic carbocycles. The monoisotopic (exact) mass is 123 g/mol. The van der Waals surface area contributed by atoms with Crippen LogP contribution in [0.4, 0.5) is 0 Å². The third-order valence-electron chi connectivity index (χ3n) is 0.297. The number of amides is 1. The van der Waals surface area contributed by atoms with Crippen LogP contribution in [0.2, 0.25) is 0 Å². The molecule has 0 atom stereocenters. The highest BCUT2D eigenvalue weighted by Crippen LogP contribution is 2.20. The van der Waals surface area contributed by atoms with Crippen LogP contribution in [0.3, 0.4) is 0 Å². The Morgan fingerprint density at radius 1 is 1.71 bits per heavy atom. The van der Waals surface area contributed by atoms with E-state index in [-0.39, 0.29) is 6.16 Å². The van der Waals surface area contributed by atoms with Crippen molar-refractivity contribution in [2.75, 3.05) is 6.16 Å². The first-order valence-corrected chi connectivity index (χ1v) is 3.00. The first kappa shape index (κ1) is 6.82.